The van der Waals surface area contributed by atoms with E-state index in [-0.39, 0.29) is 4.90 Å². The van der Waals surface area contributed by atoms with Crippen LogP contribution in [-0.4, -0.2) is 34.9 Å². The van der Waals surface area contributed by atoms with E-state index >= 15 is 0 Å². The topological polar surface area (TPSA) is 113 Å². The third-order valence-corrected chi connectivity index (χ3v) is 4.12. The Bertz CT molecular complexity index is 737. The van der Waals surface area contributed by atoms with Crippen LogP contribution in [0.2, 0.25) is 0 Å². The molecule has 19 heavy (non-hydrogen) atoms. The van der Waals surface area contributed by atoms with Gasteiger partial charge in [0, 0.05) is 5.56 Å². The predicted molar refractivity (Wildman–Crippen MR) is 65.9 cm³/mol. The number of nitrogens with zero attached hydrogens (tertiary/aromatic N) is 4. The Morgan fingerprint density at radius 1 is 1.32 bits per heavy atom. The zero-order valence-corrected chi connectivity index (χ0v) is 10.7. The van der Waals surface area contributed by atoms with Gasteiger partial charge in [0.15, 0.2) is 5.82 Å². The van der Waals surface area contributed by atoms with Crippen molar-refractivity contribution < 1.29 is 8.42 Å². The lowest BCUT2D eigenvalue weighted by atomic mass is 10.2. The highest BCUT2D eigenvalue weighted by atomic mass is 32.2. The molecule has 98 valence electrons. The number of hydrogen-bond donors (Lipinski definition) is 2. The first-order valence-corrected chi connectivity index (χ1v) is 6.99. The number of fused-ring (bicyclic) bond motifs is 1. The average Bonchev–Trinajstić information content (AvgIpc) is 2.98. The van der Waals surface area contributed by atoms with Gasteiger partial charge in [0.25, 0.3) is 10.0 Å². The van der Waals surface area contributed by atoms with E-state index < -0.39 is 16.1 Å². The van der Waals surface area contributed by atoms with E-state index in [0.29, 0.717) is 17.2 Å². The fourth-order valence-electron chi connectivity index (χ4n) is 1.83. The van der Waals surface area contributed by atoms with E-state index in [9.17, 15) is 8.42 Å². The van der Waals surface area contributed by atoms with Gasteiger partial charge in [-0.25, -0.2) is 8.42 Å². The lowest BCUT2D eigenvalue weighted by molar-refractivity contribution is 0.595. The molecule has 0 aliphatic carbocycles. The average molecular weight is 278 g/mol. The van der Waals surface area contributed by atoms with Gasteiger partial charge in [0.2, 0.25) is 0 Å². The Labute approximate surface area is 109 Å². The molecule has 1 unspecified atom stereocenters. The molecule has 0 spiro atoms. The van der Waals surface area contributed by atoms with Crippen LogP contribution in [0.15, 0.2) is 34.2 Å². The molecule has 0 fully saturated rings. The van der Waals surface area contributed by atoms with Gasteiger partial charge in [-0.2, -0.15) is 5.21 Å². The Morgan fingerprint density at radius 2 is 2.11 bits per heavy atom. The first-order valence-electron chi connectivity index (χ1n) is 5.51. The second-order valence-electron chi connectivity index (χ2n) is 4.03. The van der Waals surface area contributed by atoms with Crippen molar-refractivity contribution in [1.82, 2.24) is 25.3 Å². The van der Waals surface area contributed by atoms with E-state index in [1.54, 1.807) is 31.2 Å². The first-order chi connectivity index (χ1) is 9.08. The molecule has 0 radical (unpaired) electrons. The van der Waals surface area contributed by atoms with Crippen LogP contribution in [0, 0.1) is 0 Å². The van der Waals surface area contributed by atoms with E-state index in [4.69, 9.17) is 0 Å². The standard InChI is InChI=1S/C10H10N6O2S/c1-6(9-12-15-16-13-9)11-10-7-4-2-3-5-8(7)19(17,18)14-10/h2-6H,1H3,(H,11,14)(H,12,13,15,16). The van der Waals surface area contributed by atoms with Crippen molar-refractivity contribution in [3.05, 3.63) is 35.7 Å². The summed E-state index contributed by atoms with van der Waals surface area (Å²) in [5.74, 6) is 0.698. The zero-order chi connectivity index (χ0) is 13.5. The molecule has 0 saturated carbocycles. The first kappa shape index (κ1) is 11.8. The van der Waals surface area contributed by atoms with Crippen molar-refractivity contribution in [3.8, 4) is 0 Å². The lowest BCUT2D eigenvalue weighted by Crippen LogP contribution is -2.22. The van der Waals surface area contributed by atoms with Crippen LogP contribution >= 0.6 is 0 Å². The van der Waals surface area contributed by atoms with E-state index in [0.717, 1.165) is 0 Å². The Kier molecular flexibility index (Phi) is 2.56. The number of H-pyrrole nitrogens is 1. The monoisotopic (exact) mass is 278 g/mol. The largest absolute Gasteiger partial charge is 0.263 e. The maximum Gasteiger partial charge on any atom is 0.263 e. The summed E-state index contributed by atoms with van der Waals surface area (Å²) in [6.07, 6.45) is 0. The number of aliphatic imine (C=N–C) groups is 1. The molecule has 1 atom stereocenters. The fourth-order valence-corrected chi connectivity index (χ4v) is 3.07. The summed E-state index contributed by atoms with van der Waals surface area (Å²) in [4.78, 5) is 4.53. The van der Waals surface area contributed by atoms with Crippen LogP contribution in [0.5, 0.6) is 0 Å². The molecule has 3 rings (SSSR count). The van der Waals surface area contributed by atoms with Crippen LogP contribution < -0.4 is 4.72 Å². The molecule has 0 bridgehead atoms. The maximum absolute atomic E-state index is 11.9. The van der Waals surface area contributed by atoms with Gasteiger partial charge in [-0.1, -0.05) is 17.3 Å². The smallest absolute Gasteiger partial charge is 0.263 e. The van der Waals surface area contributed by atoms with E-state index in [1.807, 2.05) is 0 Å². The SMILES string of the molecule is CC(N=C1NS(=O)(=O)c2ccccc21)c1nn[nH]n1. The van der Waals surface area contributed by atoms with Crippen molar-refractivity contribution >= 4 is 15.9 Å². The highest BCUT2D eigenvalue weighted by Crippen LogP contribution is 2.24. The Morgan fingerprint density at radius 3 is 2.84 bits per heavy atom. The van der Waals surface area contributed by atoms with Gasteiger partial charge in [0.05, 0.1) is 4.90 Å². The summed E-state index contributed by atoms with van der Waals surface area (Å²) in [6.45, 7) is 1.76. The minimum absolute atomic E-state index is 0.231. The van der Waals surface area contributed by atoms with Gasteiger partial charge in [-0.3, -0.25) is 9.71 Å². The number of nitrogens with one attached hydrogen (secondary N) is 2. The van der Waals surface area contributed by atoms with Crippen LogP contribution in [0.4, 0.5) is 0 Å². The van der Waals surface area contributed by atoms with Crippen LogP contribution in [0.3, 0.4) is 0 Å². The quantitative estimate of drug-likeness (QED) is 0.802. The molecule has 1 aromatic carbocycles. The summed E-state index contributed by atoms with van der Waals surface area (Å²) in [7, 11) is -3.51. The molecule has 0 amide bonds. The highest BCUT2D eigenvalue weighted by Gasteiger charge is 2.30. The van der Waals surface area contributed by atoms with Crippen molar-refractivity contribution in [2.45, 2.75) is 17.9 Å². The van der Waals surface area contributed by atoms with Gasteiger partial charge in [-0.15, -0.1) is 10.2 Å². The summed E-state index contributed by atoms with van der Waals surface area (Å²) in [5.41, 5.74) is 0.554. The lowest BCUT2D eigenvalue weighted by Gasteiger charge is -2.03. The predicted octanol–water partition coefficient (Wildman–Crippen LogP) is -0.000600. The highest BCUT2D eigenvalue weighted by molar-refractivity contribution is 7.90. The number of sulfonamides is 1. The van der Waals surface area contributed by atoms with Crippen LogP contribution in [0.1, 0.15) is 24.4 Å². The normalized spacial score (nSPS) is 19.9. The third kappa shape index (κ3) is 1.97. The molecule has 1 aliphatic rings. The van der Waals surface area contributed by atoms with Gasteiger partial charge in [0.1, 0.15) is 11.9 Å². The second kappa shape index (κ2) is 4.12. The van der Waals surface area contributed by atoms with E-state index in [1.165, 1.54) is 0 Å². The second-order valence-corrected chi connectivity index (χ2v) is 5.68. The van der Waals surface area contributed by atoms with Crippen molar-refractivity contribution in [2.24, 2.45) is 4.99 Å². The molecule has 8 nitrogen and oxygen atoms in total. The molecule has 0 saturated heterocycles. The van der Waals surface area contributed by atoms with Crippen LogP contribution in [0.25, 0.3) is 0 Å². The van der Waals surface area contributed by atoms with Gasteiger partial charge >= 0.3 is 0 Å². The Balaban J connectivity index is 2.05. The van der Waals surface area contributed by atoms with Gasteiger partial charge < -0.3 is 0 Å². The number of hydrogen-bond acceptors (Lipinski definition) is 6. The summed E-state index contributed by atoms with van der Waals surface area (Å²) in [5, 5.41) is 13.4. The number of aromatic nitrogens is 4. The molecular weight excluding hydrogens is 268 g/mol. The molecular formula is C10H10N6O2S. The van der Waals surface area contributed by atoms with E-state index in [2.05, 4.69) is 30.3 Å². The molecule has 9 heteroatoms. The minimum atomic E-state index is -3.51. The molecule has 1 aliphatic heterocycles. The van der Waals surface area contributed by atoms with Crippen molar-refractivity contribution in [3.63, 3.8) is 0 Å². The molecule has 1 aromatic heterocycles. The van der Waals surface area contributed by atoms with Crippen LogP contribution in [-0.2, 0) is 10.0 Å². The van der Waals surface area contributed by atoms with Gasteiger partial charge in [-0.05, 0) is 19.1 Å². The molecule has 2 aromatic rings. The Hall–Kier alpha value is -2.29. The number of benzene rings is 1. The van der Waals surface area contributed by atoms with Crippen molar-refractivity contribution in [1.29, 1.82) is 0 Å². The fraction of sp³-hybridized carbons (Fsp3) is 0.200. The zero-order valence-electron chi connectivity index (χ0n) is 9.90. The molecule has 2 N–H and O–H groups in total. The number of aromatic amines is 1. The number of amidine groups is 1. The number of tetrazole rings is 1. The maximum atomic E-state index is 11.9. The number of rotatable bonds is 2. The minimum Gasteiger partial charge on any atom is -0.263 e. The summed E-state index contributed by atoms with van der Waals surface area (Å²) >= 11 is 0. The molecule has 2 heterocycles. The summed E-state index contributed by atoms with van der Waals surface area (Å²) < 4.78 is 26.2. The summed E-state index contributed by atoms with van der Waals surface area (Å²) in [6, 6.07) is 6.27. The van der Waals surface area contributed by atoms with Crippen molar-refractivity contribution in [2.75, 3.05) is 0 Å². The third-order valence-electron chi connectivity index (χ3n) is 2.72.